The predicted octanol–water partition coefficient (Wildman–Crippen LogP) is 0.824. The van der Waals surface area contributed by atoms with E-state index in [-0.39, 0.29) is 6.61 Å². The molecule has 0 spiro atoms. The Balaban J connectivity index is 0. The van der Waals surface area contributed by atoms with Crippen LogP contribution in [-0.4, -0.2) is 56.7 Å². The van der Waals surface area contributed by atoms with Crippen molar-refractivity contribution in [2.45, 2.75) is 13.8 Å². The molecule has 0 aromatic rings. The molecule has 21 heavy (non-hydrogen) atoms. The van der Waals surface area contributed by atoms with Crippen LogP contribution in [0, 0.1) is 0 Å². The molecule has 0 atom stereocenters. The molecule has 0 radical (unpaired) electrons. The minimum absolute atomic E-state index is 0.0636. The summed E-state index contributed by atoms with van der Waals surface area (Å²) < 4.78 is 18.7. The highest BCUT2D eigenvalue weighted by atomic mass is 16.5. The van der Waals surface area contributed by atoms with Crippen LogP contribution in [-0.2, 0) is 28.5 Å². The van der Waals surface area contributed by atoms with Gasteiger partial charge in [0.2, 0.25) is 0 Å². The van der Waals surface area contributed by atoms with E-state index in [1.54, 1.807) is 13.8 Å². The van der Waals surface area contributed by atoms with E-state index >= 15 is 0 Å². The molecule has 0 unspecified atom stereocenters. The van der Waals surface area contributed by atoms with Crippen LogP contribution in [0.4, 0.5) is 0 Å². The first-order chi connectivity index (χ1) is 10.1. The van der Waals surface area contributed by atoms with Gasteiger partial charge in [-0.25, -0.2) is 9.59 Å². The number of rotatable bonds is 10. The van der Waals surface area contributed by atoms with Crippen molar-refractivity contribution >= 4 is 11.9 Å². The normalized spacial score (nSPS) is 9.48. The first-order valence-electron chi connectivity index (χ1n) is 6.54. The number of carbonyl (C=O) groups excluding carboxylic acids is 2. The van der Waals surface area contributed by atoms with E-state index in [2.05, 4.69) is 16.1 Å². The van der Waals surface area contributed by atoms with Crippen molar-refractivity contribution in [2.75, 3.05) is 39.6 Å². The number of hydrogen-bond donors (Lipinski definition) is 1. The number of ether oxygens (including phenoxy) is 4. The smallest absolute Gasteiger partial charge is 0.330 e. The summed E-state index contributed by atoms with van der Waals surface area (Å²) in [5.41, 5.74) is 0. The number of hydrogen-bond acceptors (Lipinski definition) is 7. The standard InChI is InChI=1S/C8H12O4.C6H12O3/c1-3-11-7(9)5-6-8(10)12-4-2;1-2-8-5-6-9-4-3-7/h5-6H,3-4H2,1-2H3;2,7H,1,3-6H2/b6-5+;. The van der Waals surface area contributed by atoms with Gasteiger partial charge in [0, 0.05) is 12.2 Å². The summed E-state index contributed by atoms with van der Waals surface area (Å²) in [4.78, 5) is 21.3. The molecule has 0 bridgehead atoms. The Morgan fingerprint density at radius 3 is 1.90 bits per heavy atom. The second kappa shape index (κ2) is 18.1. The van der Waals surface area contributed by atoms with Crippen molar-refractivity contribution < 1.29 is 33.6 Å². The molecule has 0 aromatic carbocycles. The van der Waals surface area contributed by atoms with Gasteiger partial charge in [0.05, 0.1) is 39.3 Å². The maximum Gasteiger partial charge on any atom is 0.330 e. The first kappa shape index (κ1) is 21.4. The maximum absolute atomic E-state index is 10.6. The van der Waals surface area contributed by atoms with Gasteiger partial charge in [0.1, 0.15) is 6.61 Å². The predicted molar refractivity (Wildman–Crippen MR) is 76.5 cm³/mol. The van der Waals surface area contributed by atoms with E-state index < -0.39 is 11.9 Å². The zero-order valence-corrected chi connectivity index (χ0v) is 12.6. The molecule has 0 fully saturated rings. The molecule has 0 heterocycles. The fraction of sp³-hybridized carbons (Fsp3) is 0.571. The molecule has 7 heteroatoms. The number of esters is 2. The summed E-state index contributed by atoms with van der Waals surface area (Å²) in [6.07, 6.45) is 3.45. The lowest BCUT2D eigenvalue weighted by molar-refractivity contribution is -0.140. The van der Waals surface area contributed by atoms with Gasteiger partial charge in [0.15, 0.2) is 0 Å². The Bertz CT molecular complexity index is 280. The third-order valence-electron chi connectivity index (χ3n) is 1.63. The molecule has 0 aliphatic carbocycles. The number of aliphatic hydroxyl groups excluding tert-OH is 1. The number of aliphatic hydroxyl groups is 1. The lowest BCUT2D eigenvalue weighted by atomic mass is 10.5. The summed E-state index contributed by atoms with van der Waals surface area (Å²) in [6, 6.07) is 0. The van der Waals surface area contributed by atoms with E-state index in [1.165, 1.54) is 6.26 Å². The highest BCUT2D eigenvalue weighted by Crippen LogP contribution is 1.84. The molecule has 0 aliphatic rings. The van der Waals surface area contributed by atoms with Gasteiger partial charge < -0.3 is 24.1 Å². The van der Waals surface area contributed by atoms with Crippen molar-refractivity contribution in [3.63, 3.8) is 0 Å². The van der Waals surface area contributed by atoms with E-state index in [1.807, 2.05) is 0 Å². The molecule has 0 saturated carbocycles. The minimum atomic E-state index is -0.537. The number of carbonyl (C=O) groups is 2. The molecule has 0 aliphatic heterocycles. The molecule has 7 nitrogen and oxygen atoms in total. The van der Waals surface area contributed by atoms with Crippen LogP contribution < -0.4 is 0 Å². The summed E-state index contributed by atoms with van der Waals surface area (Å²) in [5.74, 6) is -1.07. The van der Waals surface area contributed by atoms with Crippen molar-refractivity contribution in [3.05, 3.63) is 25.0 Å². The second-order valence-electron chi connectivity index (χ2n) is 3.21. The zero-order chi connectivity index (χ0) is 16.3. The third kappa shape index (κ3) is 20.6. The topological polar surface area (TPSA) is 91.3 Å². The van der Waals surface area contributed by atoms with Crippen LogP contribution in [0.15, 0.2) is 25.0 Å². The van der Waals surface area contributed by atoms with E-state index in [0.29, 0.717) is 33.0 Å². The van der Waals surface area contributed by atoms with Crippen molar-refractivity contribution in [3.8, 4) is 0 Å². The highest BCUT2D eigenvalue weighted by molar-refractivity contribution is 5.91. The average Bonchev–Trinajstić information content (AvgIpc) is 2.46. The van der Waals surface area contributed by atoms with Gasteiger partial charge in [0.25, 0.3) is 0 Å². The van der Waals surface area contributed by atoms with Crippen molar-refractivity contribution in [1.82, 2.24) is 0 Å². The third-order valence-corrected chi connectivity index (χ3v) is 1.63. The second-order valence-corrected chi connectivity index (χ2v) is 3.21. The quantitative estimate of drug-likeness (QED) is 0.276. The van der Waals surface area contributed by atoms with Gasteiger partial charge in [-0.15, -0.1) is 0 Å². The first-order valence-corrected chi connectivity index (χ1v) is 6.54. The van der Waals surface area contributed by atoms with Crippen LogP contribution in [0.2, 0.25) is 0 Å². The van der Waals surface area contributed by atoms with Gasteiger partial charge in [-0.05, 0) is 13.8 Å². The lowest BCUT2D eigenvalue weighted by Crippen LogP contribution is -2.04. The van der Waals surface area contributed by atoms with Crippen LogP contribution in [0.1, 0.15) is 13.8 Å². The van der Waals surface area contributed by atoms with E-state index in [4.69, 9.17) is 14.6 Å². The van der Waals surface area contributed by atoms with Crippen molar-refractivity contribution in [2.24, 2.45) is 0 Å². The van der Waals surface area contributed by atoms with Crippen LogP contribution in [0.5, 0.6) is 0 Å². The molecule has 0 rings (SSSR count). The van der Waals surface area contributed by atoms with Gasteiger partial charge >= 0.3 is 11.9 Å². The summed E-state index contributed by atoms with van der Waals surface area (Å²) in [5, 5.41) is 8.24. The van der Waals surface area contributed by atoms with Gasteiger partial charge in [-0.2, -0.15) is 0 Å². The van der Waals surface area contributed by atoms with Crippen LogP contribution in [0.25, 0.3) is 0 Å². The maximum atomic E-state index is 10.6. The Labute approximate surface area is 125 Å². The zero-order valence-electron chi connectivity index (χ0n) is 12.6. The fourth-order valence-electron chi connectivity index (χ4n) is 0.874. The molecule has 0 amide bonds. The average molecular weight is 304 g/mol. The Morgan fingerprint density at radius 1 is 1.00 bits per heavy atom. The lowest BCUT2D eigenvalue weighted by Gasteiger charge is -2.00. The summed E-state index contributed by atoms with van der Waals surface area (Å²) >= 11 is 0. The van der Waals surface area contributed by atoms with Gasteiger partial charge in [-0.1, -0.05) is 6.58 Å². The Hall–Kier alpha value is -1.86. The Kier molecular flexibility index (Phi) is 18.5. The molecular weight excluding hydrogens is 280 g/mol. The molecule has 0 saturated heterocycles. The summed E-state index contributed by atoms with van der Waals surface area (Å²) in [7, 11) is 0. The molecule has 0 aromatic heterocycles. The molecular formula is C14H24O7. The van der Waals surface area contributed by atoms with E-state index in [9.17, 15) is 9.59 Å². The Morgan fingerprint density at radius 2 is 1.52 bits per heavy atom. The van der Waals surface area contributed by atoms with Crippen LogP contribution >= 0.6 is 0 Å². The fourth-order valence-corrected chi connectivity index (χ4v) is 0.874. The van der Waals surface area contributed by atoms with Crippen molar-refractivity contribution in [1.29, 1.82) is 0 Å². The summed E-state index contributed by atoms with van der Waals surface area (Å²) in [6.45, 7) is 8.78. The largest absolute Gasteiger partial charge is 0.499 e. The molecule has 122 valence electrons. The molecule has 1 N–H and O–H groups in total. The van der Waals surface area contributed by atoms with Gasteiger partial charge in [-0.3, -0.25) is 0 Å². The van der Waals surface area contributed by atoms with E-state index in [0.717, 1.165) is 12.2 Å². The monoisotopic (exact) mass is 304 g/mol. The highest BCUT2D eigenvalue weighted by Gasteiger charge is 1.97. The minimum Gasteiger partial charge on any atom is -0.499 e. The van der Waals surface area contributed by atoms with Crippen LogP contribution in [0.3, 0.4) is 0 Å². The SMILES string of the molecule is C=COCCOCCO.CCOC(=O)/C=C/C(=O)OCC.